The Morgan fingerprint density at radius 2 is 1.97 bits per heavy atom. The number of likely N-dealkylation sites (N-methyl/N-ethyl adjacent to an activating group) is 1. The third kappa shape index (κ3) is 6.04. The molecule has 0 saturated heterocycles. The van der Waals surface area contributed by atoms with Gasteiger partial charge in [0.25, 0.3) is 0 Å². The number of nitrogens with one attached hydrogen (secondary N) is 3. The molecule has 2 unspecified atom stereocenters. The number of carbonyl (C=O) groups is 1. The molecule has 0 aliphatic heterocycles. The molecule has 2 aromatic rings. The van der Waals surface area contributed by atoms with Gasteiger partial charge in [-0.2, -0.15) is 0 Å². The number of rotatable bonds is 8. The van der Waals surface area contributed by atoms with Crippen molar-refractivity contribution in [3.63, 3.8) is 0 Å². The minimum absolute atomic E-state index is 0.0155. The van der Waals surface area contributed by atoms with Crippen molar-refractivity contribution in [3.05, 3.63) is 63.3 Å². The van der Waals surface area contributed by atoms with Crippen LogP contribution in [0, 0.1) is 18.3 Å². The molecule has 1 aliphatic carbocycles. The summed E-state index contributed by atoms with van der Waals surface area (Å²) < 4.78 is 0. The molecule has 4 N–H and O–H groups in total. The van der Waals surface area contributed by atoms with Crippen molar-refractivity contribution in [3.8, 4) is 5.88 Å². The first kappa shape index (κ1) is 28.0. The SMILES string of the molecule is CCc1ccc(C)c(C2C=c3c(C(C)=NC(=N)/C=C\NC(C)(C)C(=O)N(C)C)c(O)[nH]c3=CC2CC)c1. The second-order valence-electron chi connectivity index (χ2n) is 10.5. The molecule has 1 aromatic carbocycles. The van der Waals surface area contributed by atoms with Gasteiger partial charge in [-0.25, -0.2) is 4.99 Å². The van der Waals surface area contributed by atoms with E-state index in [1.165, 1.54) is 27.7 Å². The number of benzene rings is 1. The minimum Gasteiger partial charge on any atom is -0.494 e. The number of aryl methyl sites for hydroxylation is 2. The number of aromatic hydroxyl groups is 1. The van der Waals surface area contributed by atoms with Crippen molar-refractivity contribution in [2.45, 2.75) is 65.8 Å². The molecule has 7 heteroatoms. The van der Waals surface area contributed by atoms with Crippen LogP contribution < -0.4 is 15.9 Å². The zero-order chi connectivity index (χ0) is 27.5. The fraction of sp³-hybridized carbons (Fsp3) is 0.433. The third-order valence-corrected chi connectivity index (χ3v) is 7.10. The first-order valence-corrected chi connectivity index (χ1v) is 12.9. The van der Waals surface area contributed by atoms with E-state index in [9.17, 15) is 9.90 Å². The van der Waals surface area contributed by atoms with Gasteiger partial charge < -0.3 is 20.3 Å². The topological polar surface area (TPSA) is 105 Å². The van der Waals surface area contributed by atoms with Crippen LogP contribution in [0.25, 0.3) is 12.2 Å². The number of fused-ring (bicyclic) bond motifs is 1. The van der Waals surface area contributed by atoms with Crippen LogP contribution >= 0.6 is 0 Å². The average Bonchev–Trinajstić information content (AvgIpc) is 3.17. The molecular weight excluding hydrogens is 462 g/mol. The predicted octanol–water partition coefficient (Wildman–Crippen LogP) is 3.73. The molecule has 1 amide bonds. The Morgan fingerprint density at radius 3 is 2.59 bits per heavy atom. The zero-order valence-corrected chi connectivity index (χ0v) is 23.4. The van der Waals surface area contributed by atoms with Gasteiger partial charge in [0.1, 0.15) is 11.4 Å². The lowest BCUT2D eigenvalue weighted by atomic mass is 9.78. The Kier molecular flexibility index (Phi) is 8.46. The predicted molar refractivity (Wildman–Crippen MR) is 153 cm³/mol. The van der Waals surface area contributed by atoms with Crippen molar-refractivity contribution >= 4 is 29.6 Å². The first-order chi connectivity index (χ1) is 17.4. The largest absolute Gasteiger partial charge is 0.494 e. The van der Waals surface area contributed by atoms with E-state index in [1.54, 1.807) is 41.1 Å². The Hall–Kier alpha value is -3.61. The highest BCUT2D eigenvalue weighted by atomic mass is 16.3. The van der Waals surface area contributed by atoms with E-state index >= 15 is 0 Å². The number of carbonyl (C=O) groups excluding carboxylic acids is 1. The summed E-state index contributed by atoms with van der Waals surface area (Å²) in [6.07, 6.45) is 9.50. The van der Waals surface area contributed by atoms with Crippen LogP contribution in [-0.2, 0) is 11.2 Å². The van der Waals surface area contributed by atoms with Crippen molar-refractivity contribution in [1.82, 2.24) is 15.2 Å². The molecule has 0 radical (unpaired) electrons. The second-order valence-corrected chi connectivity index (χ2v) is 10.5. The summed E-state index contributed by atoms with van der Waals surface area (Å²) in [6.45, 7) is 11.9. The molecule has 1 aliphatic rings. The number of nitrogens with zero attached hydrogens (tertiary/aromatic N) is 2. The highest BCUT2D eigenvalue weighted by Crippen LogP contribution is 2.34. The highest BCUT2D eigenvalue weighted by molar-refractivity contribution is 6.09. The Labute approximate surface area is 220 Å². The molecule has 0 bridgehead atoms. The van der Waals surface area contributed by atoms with E-state index in [4.69, 9.17) is 5.41 Å². The average molecular weight is 504 g/mol. The number of aromatic amines is 1. The lowest BCUT2D eigenvalue weighted by Crippen LogP contribution is -2.50. The summed E-state index contributed by atoms with van der Waals surface area (Å²) in [5.74, 6) is 0.494. The van der Waals surface area contributed by atoms with Gasteiger partial charge in [0.2, 0.25) is 5.91 Å². The van der Waals surface area contributed by atoms with Crippen molar-refractivity contribution in [2.75, 3.05) is 14.1 Å². The van der Waals surface area contributed by atoms with Crippen LogP contribution in [0.5, 0.6) is 5.88 Å². The number of amidine groups is 1. The van der Waals surface area contributed by atoms with Crippen LogP contribution in [0.2, 0.25) is 0 Å². The quantitative estimate of drug-likeness (QED) is 0.326. The fourth-order valence-electron chi connectivity index (χ4n) is 5.00. The minimum atomic E-state index is -0.806. The van der Waals surface area contributed by atoms with E-state index in [0.717, 1.165) is 23.4 Å². The number of hydrogen-bond donors (Lipinski definition) is 4. The lowest BCUT2D eigenvalue weighted by molar-refractivity contribution is -0.134. The summed E-state index contributed by atoms with van der Waals surface area (Å²) >= 11 is 0. The van der Waals surface area contributed by atoms with Crippen LogP contribution in [-0.4, -0.2) is 52.1 Å². The summed E-state index contributed by atoms with van der Waals surface area (Å²) in [4.78, 5) is 21.4. The van der Waals surface area contributed by atoms with Gasteiger partial charge in [0.15, 0.2) is 5.88 Å². The Balaban J connectivity index is 1.96. The van der Waals surface area contributed by atoms with Gasteiger partial charge in [-0.05, 0) is 69.2 Å². The third-order valence-electron chi connectivity index (χ3n) is 7.10. The molecule has 1 heterocycles. The standard InChI is InChI=1S/C30H41N5O2/c1-9-20-12-11-18(3)22(15-20)23-17-24-25(16-21(23)10-2)34-28(36)27(24)19(4)33-26(31)13-14-32-30(5,6)29(37)35(7)8/h11-17,21,23,31-32,34,36H,9-10H2,1-8H3/b14-13-,31-26?,33-19?. The molecule has 0 spiro atoms. The van der Waals surface area contributed by atoms with Crippen LogP contribution in [0.15, 0.2) is 35.5 Å². The second kappa shape index (κ2) is 11.2. The van der Waals surface area contributed by atoms with Crippen LogP contribution in [0.1, 0.15) is 69.2 Å². The smallest absolute Gasteiger partial charge is 0.247 e. The molecule has 3 rings (SSSR count). The molecule has 2 atom stereocenters. The number of hydrogen-bond acceptors (Lipinski definition) is 4. The number of amides is 1. The maximum Gasteiger partial charge on any atom is 0.247 e. The molecule has 0 fully saturated rings. The Morgan fingerprint density at radius 1 is 1.27 bits per heavy atom. The normalized spacial score (nSPS) is 17.7. The monoisotopic (exact) mass is 503 g/mol. The molecule has 37 heavy (non-hydrogen) atoms. The summed E-state index contributed by atoms with van der Waals surface area (Å²) in [5, 5.41) is 24.0. The number of aliphatic imine (C=N–C) groups is 1. The first-order valence-electron chi connectivity index (χ1n) is 12.9. The molecule has 1 aromatic heterocycles. The van der Waals surface area contributed by atoms with Crippen molar-refractivity contribution in [1.29, 1.82) is 5.41 Å². The summed E-state index contributed by atoms with van der Waals surface area (Å²) in [6, 6.07) is 6.69. The number of aromatic nitrogens is 1. The maximum atomic E-state index is 12.3. The van der Waals surface area contributed by atoms with Gasteiger partial charge in [-0.1, -0.05) is 44.2 Å². The van der Waals surface area contributed by atoms with E-state index in [1.807, 2.05) is 0 Å². The summed E-state index contributed by atoms with van der Waals surface area (Å²) in [7, 11) is 3.41. The van der Waals surface area contributed by atoms with Crippen molar-refractivity contribution in [2.24, 2.45) is 10.9 Å². The lowest BCUT2D eigenvalue weighted by Gasteiger charge is -2.27. The van der Waals surface area contributed by atoms with E-state index in [0.29, 0.717) is 17.2 Å². The molecule has 0 saturated carbocycles. The van der Waals surface area contributed by atoms with Gasteiger partial charge in [0.05, 0.1) is 11.3 Å². The van der Waals surface area contributed by atoms with Crippen LogP contribution in [0.3, 0.4) is 0 Å². The molecular formula is C30H41N5O2. The summed E-state index contributed by atoms with van der Waals surface area (Å²) in [5.41, 5.74) is 4.24. The highest BCUT2D eigenvalue weighted by Gasteiger charge is 2.27. The van der Waals surface area contributed by atoms with Crippen LogP contribution in [0.4, 0.5) is 0 Å². The van der Waals surface area contributed by atoms with E-state index < -0.39 is 5.54 Å². The Bertz CT molecular complexity index is 1360. The zero-order valence-electron chi connectivity index (χ0n) is 23.4. The molecule has 7 nitrogen and oxygen atoms in total. The maximum absolute atomic E-state index is 12.3. The van der Waals surface area contributed by atoms with Gasteiger partial charge in [0, 0.05) is 36.8 Å². The van der Waals surface area contributed by atoms with Gasteiger partial charge in [-0.3, -0.25) is 10.2 Å². The fourth-order valence-corrected chi connectivity index (χ4v) is 5.00. The van der Waals surface area contributed by atoms with E-state index in [2.05, 4.69) is 66.4 Å². The van der Waals surface area contributed by atoms with Crippen molar-refractivity contribution < 1.29 is 9.90 Å². The van der Waals surface area contributed by atoms with E-state index in [-0.39, 0.29) is 23.5 Å². The number of H-pyrrole nitrogens is 1. The molecule has 198 valence electrons. The van der Waals surface area contributed by atoms with Gasteiger partial charge in [-0.15, -0.1) is 0 Å². The van der Waals surface area contributed by atoms with Gasteiger partial charge >= 0.3 is 0 Å².